The summed E-state index contributed by atoms with van der Waals surface area (Å²) < 4.78 is 5.09. The second-order valence-electron chi connectivity index (χ2n) is 5.79. The maximum Gasteiger partial charge on any atom is 0.231 e. The van der Waals surface area contributed by atoms with E-state index in [1.807, 2.05) is 18.2 Å². The molecule has 0 unspecified atom stereocenters. The zero-order valence-corrected chi connectivity index (χ0v) is 14.2. The molecule has 1 amide bonds. The van der Waals surface area contributed by atoms with Gasteiger partial charge in [0.2, 0.25) is 5.91 Å². The third kappa shape index (κ3) is 3.60. The van der Waals surface area contributed by atoms with Crippen LogP contribution in [-0.2, 0) is 16.1 Å². The summed E-state index contributed by atoms with van der Waals surface area (Å²) in [6.45, 7) is 1.44. The van der Waals surface area contributed by atoms with Gasteiger partial charge in [-0.15, -0.1) is 0 Å². The van der Waals surface area contributed by atoms with Crippen molar-refractivity contribution in [2.24, 2.45) is 5.92 Å². The number of nitrogens with zero attached hydrogens (tertiary/aromatic N) is 2. The molecule has 1 aliphatic heterocycles. The Morgan fingerprint density at radius 2 is 2.22 bits per heavy atom. The Bertz CT molecular complexity index is 659. The van der Waals surface area contributed by atoms with Crippen molar-refractivity contribution in [1.29, 1.82) is 0 Å². The summed E-state index contributed by atoms with van der Waals surface area (Å²) in [7, 11) is 3.72. The number of aromatic nitrogens is 1. The molecule has 2 heterocycles. The zero-order chi connectivity index (χ0) is 16.2. The van der Waals surface area contributed by atoms with Crippen molar-refractivity contribution in [3.8, 4) is 0 Å². The van der Waals surface area contributed by atoms with Gasteiger partial charge in [-0.25, -0.2) is 4.98 Å². The molecule has 1 aromatic heterocycles. The molecule has 2 atom stereocenters. The Balaban J connectivity index is 1.72. The van der Waals surface area contributed by atoms with Crippen LogP contribution in [0.3, 0.4) is 0 Å². The van der Waals surface area contributed by atoms with Gasteiger partial charge < -0.3 is 10.1 Å². The van der Waals surface area contributed by atoms with Gasteiger partial charge in [0.25, 0.3) is 0 Å². The van der Waals surface area contributed by atoms with E-state index in [1.54, 1.807) is 13.3 Å². The molecule has 1 aromatic carbocycles. The van der Waals surface area contributed by atoms with Crippen LogP contribution in [0.4, 0.5) is 5.13 Å². The number of nitrogens with one attached hydrogen (secondary N) is 1. The lowest BCUT2D eigenvalue weighted by atomic mass is 9.93. The molecule has 0 radical (unpaired) electrons. The summed E-state index contributed by atoms with van der Waals surface area (Å²) in [6.07, 6.45) is 2.61. The summed E-state index contributed by atoms with van der Waals surface area (Å²) in [6, 6.07) is 10.3. The Kier molecular flexibility index (Phi) is 5.05. The fraction of sp³-hybridized carbons (Fsp3) is 0.412. The first kappa shape index (κ1) is 16.1. The standard InChI is InChI=1S/C17H21N3O2S/c1-20-9-8-14(15(20)12-6-4-3-5-7-12)16(21)19-17-18-10-13(23-17)11-22-2/h3-7,10,14-15H,8-9,11H2,1-2H3,(H,18,19,21)/t14-,15-/m1/s1. The predicted octanol–water partition coefficient (Wildman–Crippen LogP) is 2.92. The molecule has 2 aromatic rings. The Morgan fingerprint density at radius 3 is 2.96 bits per heavy atom. The van der Waals surface area contributed by atoms with E-state index in [-0.39, 0.29) is 17.9 Å². The number of hydrogen-bond donors (Lipinski definition) is 1. The third-order valence-electron chi connectivity index (χ3n) is 4.20. The second kappa shape index (κ2) is 7.21. The lowest BCUT2D eigenvalue weighted by molar-refractivity contribution is -0.120. The number of anilines is 1. The molecule has 5 nitrogen and oxygen atoms in total. The molecule has 6 heteroatoms. The van der Waals surface area contributed by atoms with Crippen LogP contribution in [0.25, 0.3) is 0 Å². The number of ether oxygens (including phenoxy) is 1. The van der Waals surface area contributed by atoms with Crippen LogP contribution < -0.4 is 5.32 Å². The van der Waals surface area contributed by atoms with E-state index in [4.69, 9.17) is 4.74 Å². The van der Waals surface area contributed by atoms with Crippen LogP contribution in [0, 0.1) is 5.92 Å². The lowest BCUT2D eigenvalue weighted by Gasteiger charge is -2.24. The van der Waals surface area contributed by atoms with E-state index >= 15 is 0 Å². The fourth-order valence-corrected chi connectivity index (χ4v) is 3.92. The molecule has 3 rings (SSSR count). The minimum atomic E-state index is -0.0582. The summed E-state index contributed by atoms with van der Waals surface area (Å²) >= 11 is 1.46. The normalized spacial score (nSPS) is 21.5. The van der Waals surface area contributed by atoms with Gasteiger partial charge in [-0.2, -0.15) is 0 Å². The van der Waals surface area contributed by atoms with Crippen molar-refractivity contribution in [3.05, 3.63) is 47.0 Å². The van der Waals surface area contributed by atoms with E-state index in [9.17, 15) is 4.79 Å². The molecule has 1 aliphatic rings. The monoisotopic (exact) mass is 331 g/mol. The Morgan fingerprint density at radius 1 is 1.43 bits per heavy atom. The Labute approximate surface area is 140 Å². The predicted molar refractivity (Wildman–Crippen MR) is 91.4 cm³/mol. The quantitative estimate of drug-likeness (QED) is 0.915. The van der Waals surface area contributed by atoms with E-state index in [2.05, 4.69) is 34.4 Å². The maximum absolute atomic E-state index is 12.7. The second-order valence-corrected chi connectivity index (χ2v) is 6.90. The van der Waals surface area contributed by atoms with Gasteiger partial charge in [0, 0.05) is 19.3 Å². The fourth-order valence-electron chi connectivity index (χ4n) is 3.13. The number of rotatable bonds is 5. The van der Waals surface area contributed by atoms with Crippen LogP contribution in [0.1, 0.15) is 22.9 Å². The number of carbonyl (C=O) groups is 1. The van der Waals surface area contributed by atoms with Gasteiger partial charge in [-0.3, -0.25) is 9.69 Å². The number of carbonyl (C=O) groups excluding carboxylic acids is 1. The number of benzene rings is 1. The molecule has 1 saturated heterocycles. The number of hydrogen-bond acceptors (Lipinski definition) is 5. The maximum atomic E-state index is 12.7. The van der Waals surface area contributed by atoms with Gasteiger partial charge in [-0.1, -0.05) is 41.7 Å². The van der Waals surface area contributed by atoms with Gasteiger partial charge >= 0.3 is 0 Å². The number of methoxy groups -OCH3 is 1. The minimum absolute atomic E-state index is 0.0431. The summed E-state index contributed by atoms with van der Waals surface area (Å²) in [5.74, 6) is -0.0151. The van der Waals surface area contributed by atoms with Crippen molar-refractivity contribution in [2.75, 3.05) is 26.0 Å². The van der Waals surface area contributed by atoms with Gasteiger partial charge in [0.15, 0.2) is 5.13 Å². The van der Waals surface area contributed by atoms with Crippen molar-refractivity contribution >= 4 is 22.4 Å². The van der Waals surface area contributed by atoms with Crippen molar-refractivity contribution in [2.45, 2.75) is 19.1 Å². The molecule has 0 aliphatic carbocycles. The topological polar surface area (TPSA) is 54.5 Å². The van der Waals surface area contributed by atoms with Gasteiger partial charge in [0.05, 0.1) is 17.4 Å². The first-order valence-electron chi connectivity index (χ1n) is 7.68. The average Bonchev–Trinajstić information content (AvgIpc) is 3.15. The van der Waals surface area contributed by atoms with Gasteiger partial charge in [-0.05, 0) is 25.6 Å². The van der Waals surface area contributed by atoms with Crippen molar-refractivity contribution < 1.29 is 9.53 Å². The first-order chi connectivity index (χ1) is 11.2. The highest BCUT2D eigenvalue weighted by atomic mass is 32.1. The summed E-state index contributed by atoms with van der Waals surface area (Å²) in [5, 5.41) is 3.61. The van der Waals surface area contributed by atoms with E-state index in [0.717, 1.165) is 17.8 Å². The molecule has 1 fully saturated rings. The molecular formula is C17H21N3O2S. The summed E-state index contributed by atoms with van der Waals surface area (Å²) in [5.41, 5.74) is 1.19. The molecule has 0 saturated carbocycles. The number of likely N-dealkylation sites (tertiary alicyclic amines) is 1. The highest BCUT2D eigenvalue weighted by molar-refractivity contribution is 7.15. The molecule has 122 valence electrons. The minimum Gasteiger partial charge on any atom is -0.379 e. The van der Waals surface area contributed by atoms with Crippen LogP contribution in [0.2, 0.25) is 0 Å². The van der Waals surface area contributed by atoms with Crippen molar-refractivity contribution in [3.63, 3.8) is 0 Å². The third-order valence-corrected chi connectivity index (χ3v) is 5.08. The Hall–Kier alpha value is -1.76. The van der Waals surface area contributed by atoms with E-state index < -0.39 is 0 Å². The first-order valence-corrected chi connectivity index (χ1v) is 8.50. The van der Waals surface area contributed by atoms with Crippen LogP contribution in [0.5, 0.6) is 0 Å². The zero-order valence-electron chi connectivity index (χ0n) is 13.4. The molecule has 0 spiro atoms. The number of amides is 1. The van der Waals surface area contributed by atoms with Crippen LogP contribution >= 0.6 is 11.3 Å². The lowest BCUT2D eigenvalue weighted by Crippen LogP contribution is -2.29. The summed E-state index contributed by atoms with van der Waals surface area (Å²) in [4.78, 5) is 20.2. The highest BCUT2D eigenvalue weighted by Gasteiger charge is 2.37. The van der Waals surface area contributed by atoms with E-state index in [0.29, 0.717) is 11.7 Å². The van der Waals surface area contributed by atoms with Crippen molar-refractivity contribution in [1.82, 2.24) is 9.88 Å². The highest BCUT2D eigenvalue weighted by Crippen LogP contribution is 2.36. The van der Waals surface area contributed by atoms with Crippen LogP contribution in [-0.4, -0.2) is 36.5 Å². The van der Waals surface area contributed by atoms with Crippen LogP contribution in [0.15, 0.2) is 36.5 Å². The molecule has 23 heavy (non-hydrogen) atoms. The largest absolute Gasteiger partial charge is 0.379 e. The van der Waals surface area contributed by atoms with E-state index in [1.165, 1.54) is 16.9 Å². The number of thiazole rings is 1. The SMILES string of the molecule is COCc1cnc(NC(=O)[C@@H]2CCN(C)[C@@H]2c2ccccc2)s1. The molecule has 1 N–H and O–H groups in total. The molecular weight excluding hydrogens is 310 g/mol. The average molecular weight is 331 g/mol. The molecule has 0 bridgehead atoms. The van der Waals surface area contributed by atoms with Gasteiger partial charge in [0.1, 0.15) is 0 Å². The smallest absolute Gasteiger partial charge is 0.231 e.